The first kappa shape index (κ1) is 19.8. The summed E-state index contributed by atoms with van der Waals surface area (Å²) in [6.07, 6.45) is -4.72. The van der Waals surface area contributed by atoms with E-state index in [2.05, 4.69) is 10.5 Å². The molecular formula is C16H15ClF3N3O3. The van der Waals surface area contributed by atoms with Crippen LogP contribution >= 0.6 is 11.6 Å². The molecule has 2 aromatic rings. The number of hydrogen-bond donors (Lipinski definition) is 1. The summed E-state index contributed by atoms with van der Waals surface area (Å²) < 4.78 is 43.2. The Morgan fingerprint density at radius 2 is 2.00 bits per heavy atom. The van der Waals surface area contributed by atoms with Crippen LogP contribution in [0.3, 0.4) is 0 Å². The van der Waals surface area contributed by atoms with E-state index in [9.17, 15) is 22.8 Å². The van der Waals surface area contributed by atoms with E-state index in [0.29, 0.717) is 5.76 Å². The second-order valence-electron chi connectivity index (χ2n) is 5.46. The zero-order chi connectivity index (χ0) is 19.5. The Kier molecular flexibility index (Phi) is 5.91. The molecule has 140 valence electrons. The van der Waals surface area contributed by atoms with Crippen molar-refractivity contribution >= 4 is 34.9 Å². The molecule has 0 atom stereocenters. The van der Waals surface area contributed by atoms with E-state index in [4.69, 9.17) is 16.1 Å². The topological polar surface area (TPSA) is 75.4 Å². The molecule has 0 fully saturated rings. The van der Waals surface area contributed by atoms with Crippen LogP contribution in [0.4, 0.5) is 24.7 Å². The van der Waals surface area contributed by atoms with Gasteiger partial charge in [-0.15, -0.1) is 0 Å². The van der Waals surface area contributed by atoms with Crippen molar-refractivity contribution in [2.24, 2.45) is 0 Å². The maximum atomic E-state index is 12.8. The first-order valence-corrected chi connectivity index (χ1v) is 7.83. The van der Waals surface area contributed by atoms with Gasteiger partial charge in [0.15, 0.2) is 5.82 Å². The molecule has 0 spiro atoms. The van der Waals surface area contributed by atoms with Crippen molar-refractivity contribution in [3.63, 3.8) is 0 Å². The number of aryl methyl sites for hydroxylation is 1. The number of carbonyl (C=O) groups excluding carboxylic acids is 2. The summed E-state index contributed by atoms with van der Waals surface area (Å²) >= 11 is 5.83. The minimum absolute atomic E-state index is 0.0241. The summed E-state index contributed by atoms with van der Waals surface area (Å²) in [5.41, 5.74) is -1.08. The lowest BCUT2D eigenvalue weighted by atomic mass is 10.2. The van der Waals surface area contributed by atoms with Gasteiger partial charge in [0.05, 0.1) is 16.3 Å². The van der Waals surface area contributed by atoms with Gasteiger partial charge in [0.1, 0.15) is 5.76 Å². The van der Waals surface area contributed by atoms with Crippen LogP contribution < -0.4 is 10.2 Å². The highest BCUT2D eigenvalue weighted by atomic mass is 35.5. The van der Waals surface area contributed by atoms with Crippen LogP contribution in [0.5, 0.6) is 0 Å². The molecule has 2 amide bonds. The Balaban J connectivity index is 2.05. The van der Waals surface area contributed by atoms with Crippen molar-refractivity contribution in [2.45, 2.75) is 26.4 Å². The van der Waals surface area contributed by atoms with Crippen LogP contribution in [0, 0.1) is 6.92 Å². The Morgan fingerprint density at radius 3 is 2.54 bits per heavy atom. The highest BCUT2D eigenvalue weighted by Crippen LogP contribution is 2.33. The van der Waals surface area contributed by atoms with Crippen LogP contribution in [-0.2, 0) is 15.8 Å². The second-order valence-corrected chi connectivity index (χ2v) is 5.86. The number of amides is 2. The lowest BCUT2D eigenvalue weighted by Crippen LogP contribution is -2.32. The summed E-state index contributed by atoms with van der Waals surface area (Å²) in [6, 6.07) is 4.16. The van der Waals surface area contributed by atoms with Crippen LogP contribution in [-0.4, -0.2) is 23.5 Å². The summed E-state index contributed by atoms with van der Waals surface area (Å²) in [4.78, 5) is 25.0. The normalized spacial score (nSPS) is 11.3. The Morgan fingerprint density at radius 1 is 1.31 bits per heavy atom. The van der Waals surface area contributed by atoms with Gasteiger partial charge in [0, 0.05) is 26.0 Å². The van der Waals surface area contributed by atoms with Crippen LogP contribution in [0.1, 0.15) is 24.7 Å². The van der Waals surface area contributed by atoms with E-state index < -0.39 is 17.6 Å². The minimum Gasteiger partial charge on any atom is -0.360 e. The summed E-state index contributed by atoms with van der Waals surface area (Å²) in [5, 5.41) is 6.00. The molecule has 1 N–H and O–H groups in total. The third kappa shape index (κ3) is 4.98. The van der Waals surface area contributed by atoms with Crippen molar-refractivity contribution in [1.29, 1.82) is 0 Å². The molecule has 1 aromatic carbocycles. The standard InChI is InChI=1S/C16H15ClF3N3O3/c1-9-7-14(22-26-9)23(10(2)24)6-5-15(25)21-13-8-11(16(18,19)20)3-4-12(13)17/h3-4,7-8H,5-6H2,1-2H3,(H,21,25). The number of aromatic nitrogens is 1. The van der Waals surface area contributed by atoms with Crippen molar-refractivity contribution in [3.8, 4) is 0 Å². The monoisotopic (exact) mass is 389 g/mol. The lowest BCUT2D eigenvalue weighted by molar-refractivity contribution is -0.137. The Labute approximate surface area is 151 Å². The number of anilines is 2. The van der Waals surface area contributed by atoms with Crippen LogP contribution in [0.15, 0.2) is 28.8 Å². The highest BCUT2D eigenvalue weighted by Gasteiger charge is 2.31. The molecule has 1 heterocycles. The summed E-state index contributed by atoms with van der Waals surface area (Å²) in [6.45, 7) is 2.92. The molecule has 0 unspecified atom stereocenters. The van der Waals surface area contributed by atoms with E-state index in [1.807, 2.05) is 0 Å². The number of nitrogens with zero attached hydrogens (tertiary/aromatic N) is 2. The molecule has 0 radical (unpaired) electrons. The van der Waals surface area contributed by atoms with Gasteiger partial charge in [0.2, 0.25) is 11.8 Å². The molecule has 0 aliphatic carbocycles. The second kappa shape index (κ2) is 7.77. The van der Waals surface area contributed by atoms with E-state index in [1.54, 1.807) is 6.92 Å². The van der Waals surface area contributed by atoms with Crippen LogP contribution in [0.2, 0.25) is 5.02 Å². The molecule has 0 aliphatic rings. The number of carbonyl (C=O) groups is 2. The largest absolute Gasteiger partial charge is 0.416 e. The van der Waals surface area contributed by atoms with Gasteiger partial charge in [-0.25, -0.2) is 0 Å². The maximum Gasteiger partial charge on any atom is 0.416 e. The fourth-order valence-electron chi connectivity index (χ4n) is 2.14. The average molecular weight is 390 g/mol. The van der Waals surface area contributed by atoms with Crippen molar-refractivity contribution < 1.29 is 27.3 Å². The Bertz CT molecular complexity index is 821. The van der Waals surface area contributed by atoms with Crippen LogP contribution in [0.25, 0.3) is 0 Å². The number of rotatable bonds is 5. The van der Waals surface area contributed by atoms with Gasteiger partial charge in [0.25, 0.3) is 0 Å². The highest BCUT2D eigenvalue weighted by molar-refractivity contribution is 6.33. The van der Waals surface area contributed by atoms with E-state index in [-0.39, 0.29) is 35.4 Å². The lowest BCUT2D eigenvalue weighted by Gasteiger charge is -2.17. The van der Waals surface area contributed by atoms with E-state index in [1.165, 1.54) is 17.9 Å². The summed E-state index contributed by atoms with van der Waals surface area (Å²) in [7, 11) is 0. The number of alkyl halides is 3. The maximum absolute atomic E-state index is 12.8. The smallest absolute Gasteiger partial charge is 0.360 e. The van der Waals surface area contributed by atoms with Gasteiger partial charge >= 0.3 is 6.18 Å². The van der Waals surface area contributed by atoms with Gasteiger partial charge < -0.3 is 9.84 Å². The van der Waals surface area contributed by atoms with Crippen molar-refractivity contribution in [2.75, 3.05) is 16.8 Å². The molecule has 1 aromatic heterocycles. The molecule has 10 heteroatoms. The molecule has 0 aliphatic heterocycles. The first-order chi connectivity index (χ1) is 12.1. The number of hydrogen-bond acceptors (Lipinski definition) is 4. The molecule has 6 nitrogen and oxygen atoms in total. The third-order valence-corrected chi connectivity index (χ3v) is 3.73. The average Bonchev–Trinajstić information content (AvgIpc) is 2.94. The van der Waals surface area contributed by atoms with Crippen molar-refractivity contribution in [3.05, 3.63) is 40.6 Å². The third-order valence-electron chi connectivity index (χ3n) is 3.40. The van der Waals surface area contributed by atoms with E-state index >= 15 is 0 Å². The number of benzene rings is 1. The number of halogens is 4. The fourth-order valence-corrected chi connectivity index (χ4v) is 2.30. The van der Waals surface area contributed by atoms with E-state index in [0.717, 1.165) is 18.2 Å². The molecular weight excluding hydrogens is 375 g/mol. The van der Waals surface area contributed by atoms with Gasteiger partial charge in [-0.1, -0.05) is 16.8 Å². The van der Waals surface area contributed by atoms with Gasteiger partial charge in [-0.3, -0.25) is 14.5 Å². The molecule has 0 saturated carbocycles. The molecule has 26 heavy (non-hydrogen) atoms. The van der Waals surface area contributed by atoms with Crippen molar-refractivity contribution in [1.82, 2.24) is 5.16 Å². The molecule has 0 bridgehead atoms. The summed E-state index contributed by atoms with van der Waals surface area (Å²) in [5.74, 6) is -0.216. The SMILES string of the molecule is CC(=O)N(CCC(=O)Nc1cc(C(F)(F)F)ccc1Cl)c1cc(C)on1. The molecule has 0 saturated heterocycles. The zero-order valence-electron chi connectivity index (χ0n) is 13.9. The fraction of sp³-hybridized carbons (Fsp3) is 0.312. The predicted molar refractivity (Wildman–Crippen MR) is 89.0 cm³/mol. The first-order valence-electron chi connectivity index (χ1n) is 7.46. The van der Waals surface area contributed by atoms with Gasteiger partial charge in [-0.05, 0) is 25.1 Å². The predicted octanol–water partition coefficient (Wildman–Crippen LogP) is 4.04. The quantitative estimate of drug-likeness (QED) is 0.837. The Hall–Kier alpha value is -2.55. The minimum atomic E-state index is -4.56. The van der Waals surface area contributed by atoms with Gasteiger partial charge in [-0.2, -0.15) is 13.2 Å². The number of nitrogens with one attached hydrogen (secondary N) is 1. The molecule has 2 rings (SSSR count). The zero-order valence-corrected chi connectivity index (χ0v) is 14.6.